The van der Waals surface area contributed by atoms with E-state index in [1.165, 1.54) is 36.8 Å². The van der Waals surface area contributed by atoms with E-state index < -0.39 is 0 Å². The van der Waals surface area contributed by atoms with E-state index in [1.807, 2.05) is 0 Å². The molecule has 0 saturated heterocycles. The van der Waals surface area contributed by atoms with E-state index in [2.05, 4.69) is 57.0 Å². The van der Waals surface area contributed by atoms with Crippen molar-refractivity contribution in [2.24, 2.45) is 11.7 Å². The van der Waals surface area contributed by atoms with Crippen molar-refractivity contribution in [1.29, 1.82) is 0 Å². The molecule has 2 nitrogen and oxygen atoms in total. The molecule has 2 N–H and O–H groups in total. The van der Waals surface area contributed by atoms with E-state index in [4.69, 9.17) is 5.73 Å². The number of nitrogens with two attached hydrogens (primary N) is 1. The third-order valence-electron chi connectivity index (χ3n) is 5.46. The van der Waals surface area contributed by atoms with Gasteiger partial charge in [-0.05, 0) is 55.7 Å². The Morgan fingerprint density at radius 3 is 2.24 bits per heavy atom. The maximum atomic E-state index is 6.16. The second-order valence-electron chi connectivity index (χ2n) is 7.36. The summed E-state index contributed by atoms with van der Waals surface area (Å²) < 4.78 is 0. The molecular weight excluding hydrogens is 256 g/mol. The fourth-order valence-electron chi connectivity index (χ4n) is 3.49. The average molecular weight is 288 g/mol. The maximum absolute atomic E-state index is 6.16. The zero-order chi connectivity index (χ0) is 15.5. The van der Waals surface area contributed by atoms with Crippen LogP contribution in [0.4, 0.5) is 0 Å². The Bertz CT molecular complexity index is 427. The molecule has 1 saturated carbocycles. The smallest absolute Gasteiger partial charge is 0.0332 e. The normalized spacial score (nSPS) is 26.5. The lowest BCUT2D eigenvalue weighted by atomic mass is 9.76. The molecule has 0 radical (unpaired) electrons. The Morgan fingerprint density at radius 2 is 1.76 bits per heavy atom. The summed E-state index contributed by atoms with van der Waals surface area (Å²) in [5.74, 6) is 1.47. The Balaban J connectivity index is 2.03. The van der Waals surface area contributed by atoms with Crippen LogP contribution in [0, 0.1) is 5.92 Å². The predicted octanol–water partition coefficient (Wildman–Crippen LogP) is 4.15. The van der Waals surface area contributed by atoms with E-state index in [1.54, 1.807) is 0 Å². The molecule has 1 aromatic carbocycles. The molecule has 21 heavy (non-hydrogen) atoms. The molecule has 0 spiro atoms. The number of likely N-dealkylation sites (N-methyl/N-ethyl adjacent to an activating group) is 1. The minimum Gasteiger partial charge on any atom is -0.329 e. The van der Waals surface area contributed by atoms with Crippen molar-refractivity contribution in [3.8, 4) is 0 Å². The topological polar surface area (TPSA) is 29.3 Å². The van der Waals surface area contributed by atoms with Gasteiger partial charge in [0.05, 0.1) is 0 Å². The van der Waals surface area contributed by atoms with Gasteiger partial charge in [0.25, 0.3) is 0 Å². The van der Waals surface area contributed by atoms with E-state index in [-0.39, 0.29) is 5.54 Å². The van der Waals surface area contributed by atoms with Gasteiger partial charge < -0.3 is 5.73 Å². The molecular formula is C19H32N2. The summed E-state index contributed by atoms with van der Waals surface area (Å²) in [7, 11) is 2.25. The fraction of sp³-hybridized carbons (Fsp3) is 0.684. The highest BCUT2D eigenvalue weighted by Gasteiger charge is 2.36. The van der Waals surface area contributed by atoms with Crippen LogP contribution in [0.1, 0.15) is 63.5 Å². The minimum atomic E-state index is 0.212. The van der Waals surface area contributed by atoms with E-state index in [0.717, 1.165) is 19.0 Å². The molecule has 1 fully saturated rings. The lowest BCUT2D eigenvalue weighted by molar-refractivity contribution is 0.0616. The van der Waals surface area contributed by atoms with E-state index in [9.17, 15) is 0 Å². The first-order valence-corrected chi connectivity index (χ1v) is 8.47. The summed E-state index contributed by atoms with van der Waals surface area (Å²) in [6, 6.07) is 9.10. The quantitative estimate of drug-likeness (QED) is 0.882. The molecule has 0 unspecified atom stereocenters. The van der Waals surface area contributed by atoms with Gasteiger partial charge in [0.15, 0.2) is 0 Å². The van der Waals surface area contributed by atoms with Crippen molar-refractivity contribution in [3.05, 3.63) is 35.4 Å². The minimum absolute atomic E-state index is 0.212. The van der Waals surface area contributed by atoms with Crippen LogP contribution in [0.2, 0.25) is 0 Å². The Labute approximate surface area is 130 Å². The SMILES string of the molecule is CC1CCC(CN)(N(C)Cc2ccc(C(C)C)cc2)CC1. The number of nitrogens with zero attached hydrogens (tertiary/aromatic N) is 1. The zero-order valence-corrected chi connectivity index (χ0v) is 14.2. The van der Waals surface area contributed by atoms with Crippen LogP contribution in [-0.2, 0) is 6.54 Å². The van der Waals surface area contributed by atoms with Gasteiger partial charge in [0.2, 0.25) is 0 Å². The van der Waals surface area contributed by atoms with Crippen LogP contribution in [0.3, 0.4) is 0 Å². The van der Waals surface area contributed by atoms with Gasteiger partial charge in [0, 0.05) is 18.6 Å². The second kappa shape index (κ2) is 6.93. The number of benzene rings is 1. The molecule has 0 amide bonds. The standard InChI is InChI=1S/C19H32N2/c1-15(2)18-7-5-17(6-8-18)13-21(4)19(14-20)11-9-16(3)10-12-19/h5-8,15-16H,9-14,20H2,1-4H3. The number of hydrogen-bond donors (Lipinski definition) is 1. The molecule has 0 bridgehead atoms. The van der Waals surface area contributed by atoms with Crippen molar-refractivity contribution in [3.63, 3.8) is 0 Å². The first-order chi connectivity index (χ1) is 9.97. The molecule has 1 aromatic rings. The Kier molecular flexibility index (Phi) is 5.45. The third kappa shape index (κ3) is 3.87. The van der Waals surface area contributed by atoms with Crippen LogP contribution in [-0.4, -0.2) is 24.0 Å². The summed E-state index contributed by atoms with van der Waals surface area (Å²) in [6.45, 7) is 8.64. The van der Waals surface area contributed by atoms with E-state index in [0.29, 0.717) is 5.92 Å². The van der Waals surface area contributed by atoms with Crippen molar-refractivity contribution in [2.45, 2.75) is 64.5 Å². The van der Waals surface area contributed by atoms with Crippen LogP contribution in [0.5, 0.6) is 0 Å². The van der Waals surface area contributed by atoms with Gasteiger partial charge in [-0.2, -0.15) is 0 Å². The summed E-state index contributed by atoms with van der Waals surface area (Å²) >= 11 is 0. The Morgan fingerprint density at radius 1 is 1.19 bits per heavy atom. The molecule has 0 atom stereocenters. The molecule has 2 rings (SSSR count). The van der Waals surface area contributed by atoms with Crippen molar-refractivity contribution in [1.82, 2.24) is 4.90 Å². The monoisotopic (exact) mass is 288 g/mol. The van der Waals surface area contributed by atoms with Crippen molar-refractivity contribution >= 4 is 0 Å². The zero-order valence-electron chi connectivity index (χ0n) is 14.2. The highest BCUT2D eigenvalue weighted by Crippen LogP contribution is 2.35. The molecule has 0 aromatic heterocycles. The largest absolute Gasteiger partial charge is 0.329 e. The van der Waals surface area contributed by atoms with Crippen LogP contribution >= 0.6 is 0 Å². The van der Waals surface area contributed by atoms with Crippen LogP contribution in [0.25, 0.3) is 0 Å². The van der Waals surface area contributed by atoms with Gasteiger partial charge in [-0.15, -0.1) is 0 Å². The van der Waals surface area contributed by atoms with E-state index >= 15 is 0 Å². The van der Waals surface area contributed by atoms with Gasteiger partial charge >= 0.3 is 0 Å². The first kappa shape index (κ1) is 16.5. The summed E-state index contributed by atoms with van der Waals surface area (Å²) in [6.07, 6.45) is 5.11. The molecule has 1 aliphatic carbocycles. The molecule has 1 aliphatic rings. The summed E-state index contributed by atoms with van der Waals surface area (Å²) in [5, 5.41) is 0. The average Bonchev–Trinajstić information content (AvgIpc) is 2.49. The third-order valence-corrected chi connectivity index (χ3v) is 5.46. The molecule has 2 heteroatoms. The summed E-state index contributed by atoms with van der Waals surface area (Å²) in [5.41, 5.74) is 9.19. The molecule has 0 aliphatic heterocycles. The fourth-order valence-corrected chi connectivity index (χ4v) is 3.49. The number of hydrogen-bond acceptors (Lipinski definition) is 2. The summed E-state index contributed by atoms with van der Waals surface area (Å²) in [4.78, 5) is 2.50. The predicted molar refractivity (Wildman–Crippen MR) is 91.4 cm³/mol. The van der Waals surface area contributed by atoms with Crippen LogP contribution < -0.4 is 5.73 Å². The van der Waals surface area contributed by atoms with Crippen molar-refractivity contribution < 1.29 is 0 Å². The highest BCUT2D eigenvalue weighted by molar-refractivity contribution is 5.24. The Hall–Kier alpha value is -0.860. The highest BCUT2D eigenvalue weighted by atomic mass is 15.2. The second-order valence-corrected chi connectivity index (χ2v) is 7.36. The van der Waals surface area contributed by atoms with Gasteiger partial charge in [-0.25, -0.2) is 0 Å². The first-order valence-electron chi connectivity index (χ1n) is 8.47. The maximum Gasteiger partial charge on any atom is 0.0332 e. The lowest BCUT2D eigenvalue weighted by Crippen LogP contribution is -2.53. The van der Waals surface area contributed by atoms with Gasteiger partial charge in [-0.1, -0.05) is 45.0 Å². The van der Waals surface area contributed by atoms with Gasteiger partial charge in [0.1, 0.15) is 0 Å². The van der Waals surface area contributed by atoms with Crippen molar-refractivity contribution in [2.75, 3.05) is 13.6 Å². The van der Waals surface area contributed by atoms with Crippen LogP contribution in [0.15, 0.2) is 24.3 Å². The lowest BCUT2D eigenvalue weighted by Gasteiger charge is -2.45. The van der Waals surface area contributed by atoms with Gasteiger partial charge in [-0.3, -0.25) is 4.90 Å². The number of rotatable bonds is 5. The molecule has 0 heterocycles. The molecule has 118 valence electrons.